The van der Waals surface area contributed by atoms with Crippen LogP contribution < -0.4 is 10.1 Å². The third kappa shape index (κ3) is 5.19. The number of nitrogens with one attached hydrogen (secondary N) is 1. The Bertz CT molecular complexity index is 1190. The maximum Gasteiger partial charge on any atom is 0.407 e. The van der Waals surface area contributed by atoms with Crippen LogP contribution in [0.2, 0.25) is 0 Å². The van der Waals surface area contributed by atoms with E-state index >= 15 is 0 Å². The monoisotopic (exact) mass is 459 g/mol. The molecule has 3 aromatic carbocycles. The van der Waals surface area contributed by atoms with Crippen molar-refractivity contribution in [1.29, 1.82) is 5.26 Å². The van der Waals surface area contributed by atoms with Gasteiger partial charge in [0.25, 0.3) is 0 Å². The highest BCUT2D eigenvalue weighted by Crippen LogP contribution is 2.30. The van der Waals surface area contributed by atoms with Crippen molar-refractivity contribution in [2.45, 2.75) is 24.9 Å². The molecule has 0 radical (unpaired) electrons. The Labute approximate surface area is 198 Å². The van der Waals surface area contributed by atoms with E-state index in [4.69, 9.17) is 10.00 Å². The molecule has 0 aromatic heterocycles. The lowest BCUT2D eigenvalue weighted by Crippen LogP contribution is -2.49. The molecular weight excluding hydrogens is 433 g/mol. The second kappa shape index (κ2) is 10.4. The van der Waals surface area contributed by atoms with E-state index in [2.05, 4.69) is 17.5 Å². The van der Waals surface area contributed by atoms with Gasteiger partial charge in [-0.15, -0.1) is 0 Å². The molecule has 1 aliphatic rings. The Kier molecular flexibility index (Phi) is 7.09. The van der Waals surface area contributed by atoms with Crippen LogP contribution in [0.15, 0.2) is 66.7 Å². The summed E-state index contributed by atoms with van der Waals surface area (Å²) in [5.41, 5.74) is 4.50. The lowest BCUT2D eigenvalue weighted by atomic mass is 9.86. The van der Waals surface area contributed by atoms with Gasteiger partial charge in [0.1, 0.15) is 11.6 Å². The zero-order valence-electron chi connectivity index (χ0n) is 18.9. The molecule has 2 atom stereocenters. The smallest absolute Gasteiger partial charge is 0.407 e. The van der Waals surface area contributed by atoms with E-state index in [-0.39, 0.29) is 17.8 Å². The van der Waals surface area contributed by atoms with Gasteiger partial charge < -0.3 is 20.1 Å². The number of likely N-dealkylation sites (tertiary alicyclic amines) is 1. The van der Waals surface area contributed by atoms with Crippen LogP contribution in [0.25, 0.3) is 11.1 Å². The Morgan fingerprint density at radius 1 is 1.15 bits per heavy atom. The number of nitriles is 1. The average Bonchev–Trinajstić information content (AvgIpc) is 2.87. The third-order valence-corrected chi connectivity index (χ3v) is 6.36. The number of carbonyl (C=O) groups is 1. The van der Waals surface area contributed by atoms with E-state index in [9.17, 15) is 14.3 Å². The predicted molar refractivity (Wildman–Crippen MR) is 127 cm³/mol. The molecule has 2 N–H and O–H groups in total. The van der Waals surface area contributed by atoms with Crippen LogP contribution in [-0.4, -0.2) is 42.3 Å². The van der Waals surface area contributed by atoms with E-state index in [0.717, 1.165) is 28.0 Å². The van der Waals surface area contributed by atoms with Crippen molar-refractivity contribution in [2.75, 3.05) is 20.2 Å². The van der Waals surface area contributed by atoms with Crippen LogP contribution >= 0.6 is 0 Å². The van der Waals surface area contributed by atoms with Crippen LogP contribution in [-0.2, 0) is 6.54 Å². The first-order valence-electron chi connectivity index (χ1n) is 11.1. The van der Waals surface area contributed by atoms with Crippen LogP contribution in [0.3, 0.4) is 0 Å². The molecule has 1 aliphatic heterocycles. The number of methoxy groups -OCH3 is 1. The summed E-state index contributed by atoms with van der Waals surface area (Å²) in [6.07, 6.45) is -0.297. The van der Waals surface area contributed by atoms with Crippen molar-refractivity contribution in [2.24, 2.45) is 0 Å². The van der Waals surface area contributed by atoms with Gasteiger partial charge in [-0.05, 0) is 59.5 Å². The number of amides is 1. The molecule has 0 spiro atoms. The largest absolute Gasteiger partial charge is 0.496 e. The molecular formula is C27H26FN3O3. The first-order valence-corrected chi connectivity index (χ1v) is 11.1. The molecule has 0 bridgehead atoms. The Balaban J connectivity index is 1.55. The molecule has 1 saturated heterocycles. The first kappa shape index (κ1) is 23.3. The highest BCUT2D eigenvalue weighted by atomic mass is 19.1. The molecule has 0 unspecified atom stereocenters. The standard InChI is InChI=1S/C27H26FN3O3/c1-34-26-11-8-21(19-4-2-18(15-29)3-5-19)14-22(26)16-30-25-12-13-31(27(32)33)17-24(25)20-6-9-23(28)10-7-20/h2-11,14,24-25,30H,12-13,16-17H2,1H3,(H,32,33)/t24-,25-/m0/s1. The minimum atomic E-state index is -0.942. The summed E-state index contributed by atoms with van der Waals surface area (Å²) in [7, 11) is 1.63. The van der Waals surface area contributed by atoms with Crippen molar-refractivity contribution in [3.05, 3.63) is 89.2 Å². The Morgan fingerprint density at radius 2 is 1.85 bits per heavy atom. The molecule has 1 heterocycles. The number of ether oxygens (including phenoxy) is 1. The summed E-state index contributed by atoms with van der Waals surface area (Å²) < 4.78 is 19.1. The lowest BCUT2D eigenvalue weighted by Gasteiger charge is -2.38. The maximum absolute atomic E-state index is 13.5. The van der Waals surface area contributed by atoms with Gasteiger partial charge in [-0.1, -0.05) is 30.3 Å². The first-order chi connectivity index (χ1) is 16.5. The Morgan fingerprint density at radius 3 is 2.50 bits per heavy atom. The van der Waals surface area contributed by atoms with Gasteiger partial charge in [0.15, 0.2) is 0 Å². The summed E-state index contributed by atoms with van der Waals surface area (Å²) in [6, 6.07) is 21.8. The minimum Gasteiger partial charge on any atom is -0.496 e. The topological polar surface area (TPSA) is 85.6 Å². The second-order valence-corrected chi connectivity index (χ2v) is 8.38. The number of benzene rings is 3. The van der Waals surface area contributed by atoms with Crippen molar-refractivity contribution >= 4 is 6.09 Å². The van der Waals surface area contributed by atoms with Gasteiger partial charge >= 0.3 is 6.09 Å². The van der Waals surface area contributed by atoms with Crippen LogP contribution in [0.1, 0.15) is 29.0 Å². The van der Waals surface area contributed by atoms with Crippen LogP contribution in [0, 0.1) is 17.1 Å². The van der Waals surface area contributed by atoms with Crippen LogP contribution in [0.4, 0.5) is 9.18 Å². The molecule has 34 heavy (non-hydrogen) atoms. The molecule has 0 saturated carbocycles. The number of nitrogens with zero attached hydrogens (tertiary/aromatic N) is 2. The highest BCUT2D eigenvalue weighted by molar-refractivity contribution is 5.67. The fraction of sp³-hybridized carbons (Fsp3) is 0.259. The van der Waals surface area contributed by atoms with Gasteiger partial charge in [-0.2, -0.15) is 5.26 Å². The van der Waals surface area contributed by atoms with E-state index in [0.29, 0.717) is 31.6 Å². The normalized spacial score (nSPS) is 17.7. The quantitative estimate of drug-likeness (QED) is 0.542. The number of piperidine rings is 1. The summed E-state index contributed by atoms with van der Waals surface area (Å²) in [4.78, 5) is 13.0. The van der Waals surface area contributed by atoms with Gasteiger partial charge in [0, 0.05) is 37.2 Å². The number of hydrogen-bond donors (Lipinski definition) is 2. The molecule has 0 aliphatic carbocycles. The van der Waals surface area contributed by atoms with Gasteiger partial charge in [0.05, 0.1) is 18.7 Å². The summed E-state index contributed by atoms with van der Waals surface area (Å²) in [5.74, 6) is 0.341. The zero-order valence-corrected chi connectivity index (χ0v) is 18.9. The molecule has 174 valence electrons. The average molecular weight is 460 g/mol. The fourth-order valence-corrected chi connectivity index (χ4v) is 4.49. The van der Waals surface area contributed by atoms with Crippen molar-refractivity contribution < 1.29 is 19.0 Å². The fourth-order valence-electron chi connectivity index (χ4n) is 4.49. The summed E-state index contributed by atoms with van der Waals surface area (Å²) in [5, 5.41) is 22.1. The van der Waals surface area contributed by atoms with E-state index in [1.807, 2.05) is 24.3 Å². The number of carboxylic acid groups (broad SMARTS) is 1. The third-order valence-electron chi connectivity index (χ3n) is 6.36. The molecule has 7 heteroatoms. The zero-order chi connectivity index (χ0) is 24.1. The van der Waals surface area contributed by atoms with Crippen molar-refractivity contribution in [3.63, 3.8) is 0 Å². The number of rotatable bonds is 6. The predicted octanol–water partition coefficient (Wildman–Crippen LogP) is 5.00. The summed E-state index contributed by atoms with van der Waals surface area (Å²) >= 11 is 0. The molecule has 1 fully saturated rings. The van der Waals surface area contributed by atoms with Gasteiger partial charge in [-0.3, -0.25) is 0 Å². The van der Waals surface area contributed by atoms with Crippen molar-refractivity contribution in [1.82, 2.24) is 10.2 Å². The van der Waals surface area contributed by atoms with Gasteiger partial charge in [0.2, 0.25) is 0 Å². The molecule has 1 amide bonds. The number of hydrogen-bond acceptors (Lipinski definition) is 4. The molecule has 4 rings (SSSR count). The Hall–Kier alpha value is -3.89. The number of halogens is 1. The molecule has 3 aromatic rings. The SMILES string of the molecule is COc1ccc(-c2ccc(C#N)cc2)cc1CN[C@H]1CCN(C(=O)O)C[C@H]1c1ccc(F)cc1. The molecule has 6 nitrogen and oxygen atoms in total. The highest BCUT2D eigenvalue weighted by Gasteiger charge is 2.32. The second-order valence-electron chi connectivity index (χ2n) is 8.38. The van der Waals surface area contributed by atoms with E-state index < -0.39 is 6.09 Å². The maximum atomic E-state index is 13.5. The van der Waals surface area contributed by atoms with Crippen LogP contribution in [0.5, 0.6) is 5.75 Å². The van der Waals surface area contributed by atoms with Gasteiger partial charge in [-0.25, -0.2) is 9.18 Å². The van der Waals surface area contributed by atoms with E-state index in [1.54, 1.807) is 31.4 Å². The summed E-state index contributed by atoms with van der Waals surface area (Å²) in [6.45, 7) is 1.32. The minimum absolute atomic E-state index is 0.0179. The lowest BCUT2D eigenvalue weighted by molar-refractivity contribution is 0.121. The van der Waals surface area contributed by atoms with Crippen molar-refractivity contribution in [3.8, 4) is 22.9 Å². The van der Waals surface area contributed by atoms with E-state index in [1.165, 1.54) is 17.0 Å².